The van der Waals surface area contributed by atoms with Crippen molar-refractivity contribution in [3.8, 4) is 17.3 Å². The lowest BCUT2D eigenvalue weighted by atomic mass is 10.1. The first kappa shape index (κ1) is 20.7. The van der Waals surface area contributed by atoms with Gasteiger partial charge in [-0.05, 0) is 23.8 Å². The molecule has 4 aromatic rings. The lowest BCUT2D eigenvalue weighted by Crippen LogP contribution is -2.10. The highest BCUT2D eigenvalue weighted by Gasteiger charge is 2.38. The van der Waals surface area contributed by atoms with E-state index in [9.17, 15) is 23.3 Å². The highest BCUT2D eigenvalue weighted by molar-refractivity contribution is 5.88. The molecule has 12 heteroatoms. The smallest absolute Gasteiger partial charge is 0.368 e. The van der Waals surface area contributed by atoms with Gasteiger partial charge in [-0.3, -0.25) is 10.1 Å². The van der Waals surface area contributed by atoms with Gasteiger partial charge in [0.1, 0.15) is 16.8 Å². The first-order valence-electron chi connectivity index (χ1n) is 9.01. The maximum Gasteiger partial charge on any atom is 0.423 e. The number of nitrogen functional groups attached to an aromatic ring is 1. The summed E-state index contributed by atoms with van der Waals surface area (Å²) in [6.07, 6.45) is -3.52. The molecule has 0 radical (unpaired) electrons. The maximum absolute atomic E-state index is 13.3. The number of benzene rings is 2. The summed E-state index contributed by atoms with van der Waals surface area (Å²) in [5.74, 6) is -0.0868. The summed E-state index contributed by atoms with van der Waals surface area (Å²) >= 11 is 0. The van der Waals surface area contributed by atoms with Gasteiger partial charge in [0, 0.05) is 11.6 Å². The van der Waals surface area contributed by atoms with E-state index in [4.69, 9.17) is 11.0 Å². The topological polar surface area (TPSA) is 137 Å². The number of alkyl halides is 3. The zero-order valence-corrected chi connectivity index (χ0v) is 16.0. The number of nitrogens with zero attached hydrogens (tertiary/aromatic N) is 6. The molecule has 0 saturated heterocycles. The molecule has 2 N–H and O–H groups in total. The molecule has 4 rings (SSSR count). The van der Waals surface area contributed by atoms with Crippen molar-refractivity contribution in [2.75, 3.05) is 5.73 Å². The van der Waals surface area contributed by atoms with Gasteiger partial charge < -0.3 is 10.3 Å². The molecule has 2 heterocycles. The number of hydrogen-bond donors (Lipinski definition) is 1. The molecule has 0 aliphatic rings. The van der Waals surface area contributed by atoms with E-state index in [-0.39, 0.29) is 23.7 Å². The van der Waals surface area contributed by atoms with Gasteiger partial charge in [-0.2, -0.15) is 23.4 Å². The van der Waals surface area contributed by atoms with E-state index in [1.165, 1.54) is 17.0 Å². The first-order valence-corrected chi connectivity index (χ1v) is 9.01. The Morgan fingerprint density at radius 2 is 1.97 bits per heavy atom. The fraction of sp³-hybridized carbons (Fsp3) is 0.100. The Morgan fingerprint density at radius 1 is 1.19 bits per heavy atom. The molecule has 0 aliphatic carbocycles. The molecule has 0 fully saturated rings. The van der Waals surface area contributed by atoms with Crippen LogP contribution in [0.25, 0.3) is 22.4 Å². The fourth-order valence-corrected chi connectivity index (χ4v) is 3.28. The van der Waals surface area contributed by atoms with Gasteiger partial charge >= 0.3 is 6.18 Å². The van der Waals surface area contributed by atoms with Crippen LogP contribution >= 0.6 is 0 Å². The second kappa shape index (κ2) is 7.62. The Labute approximate surface area is 177 Å². The highest BCUT2D eigenvalue weighted by atomic mass is 19.4. The summed E-state index contributed by atoms with van der Waals surface area (Å²) in [6, 6.07) is 11.4. The van der Waals surface area contributed by atoms with Crippen LogP contribution in [0.2, 0.25) is 0 Å². The first-order chi connectivity index (χ1) is 15.2. The fourth-order valence-electron chi connectivity index (χ4n) is 3.28. The van der Waals surface area contributed by atoms with E-state index in [0.29, 0.717) is 22.3 Å². The Balaban J connectivity index is 1.80. The Morgan fingerprint density at radius 3 is 2.66 bits per heavy atom. The summed E-state index contributed by atoms with van der Waals surface area (Å²) < 4.78 is 41.3. The van der Waals surface area contributed by atoms with Crippen LogP contribution in [0.3, 0.4) is 0 Å². The zero-order chi connectivity index (χ0) is 23.0. The van der Waals surface area contributed by atoms with Crippen LogP contribution in [0.4, 0.5) is 24.8 Å². The van der Waals surface area contributed by atoms with Crippen molar-refractivity contribution in [1.29, 1.82) is 5.26 Å². The third kappa shape index (κ3) is 3.79. The van der Waals surface area contributed by atoms with E-state index in [1.54, 1.807) is 24.3 Å². The summed E-state index contributed by atoms with van der Waals surface area (Å²) in [5, 5.41) is 20.1. The number of nitro benzene ring substituents is 1. The number of rotatable bonds is 4. The van der Waals surface area contributed by atoms with E-state index >= 15 is 0 Å². The van der Waals surface area contributed by atoms with Crippen LogP contribution in [0.15, 0.2) is 48.8 Å². The van der Waals surface area contributed by atoms with Gasteiger partial charge in [-0.1, -0.05) is 18.2 Å². The molecule has 32 heavy (non-hydrogen) atoms. The molecule has 0 amide bonds. The minimum Gasteiger partial charge on any atom is -0.368 e. The Kier molecular flexibility index (Phi) is 4.94. The zero-order valence-electron chi connectivity index (χ0n) is 16.0. The average molecular weight is 439 g/mol. The monoisotopic (exact) mass is 439 g/mol. The number of aromatic nitrogens is 4. The number of halogens is 3. The lowest BCUT2D eigenvalue weighted by Gasteiger charge is -2.11. The number of anilines is 1. The summed E-state index contributed by atoms with van der Waals surface area (Å²) in [4.78, 5) is 22.5. The molecule has 0 atom stereocenters. The van der Waals surface area contributed by atoms with Gasteiger partial charge in [0.05, 0.1) is 29.4 Å². The van der Waals surface area contributed by atoms with Crippen LogP contribution in [0.5, 0.6) is 0 Å². The van der Waals surface area contributed by atoms with Crippen molar-refractivity contribution in [1.82, 2.24) is 19.5 Å². The van der Waals surface area contributed by atoms with Crippen LogP contribution in [-0.4, -0.2) is 24.4 Å². The van der Waals surface area contributed by atoms with Crippen molar-refractivity contribution >= 4 is 22.8 Å². The van der Waals surface area contributed by atoms with Gasteiger partial charge in [0.25, 0.3) is 5.69 Å². The number of fused-ring (bicyclic) bond motifs is 1. The maximum atomic E-state index is 13.3. The van der Waals surface area contributed by atoms with Gasteiger partial charge in [-0.15, -0.1) is 0 Å². The second-order valence-corrected chi connectivity index (χ2v) is 6.77. The van der Waals surface area contributed by atoms with E-state index in [2.05, 4.69) is 15.0 Å². The summed E-state index contributed by atoms with van der Waals surface area (Å²) in [7, 11) is 0. The van der Waals surface area contributed by atoms with E-state index < -0.39 is 22.4 Å². The molecular formula is C20H12F3N7O2. The van der Waals surface area contributed by atoms with Crippen molar-refractivity contribution in [3.05, 3.63) is 75.6 Å². The van der Waals surface area contributed by atoms with Gasteiger partial charge in [-0.25, -0.2) is 9.97 Å². The quantitative estimate of drug-likeness (QED) is 0.376. The molecule has 9 nitrogen and oxygen atoms in total. The molecule has 0 unspecified atom stereocenters. The predicted octanol–water partition coefficient (Wildman–Crippen LogP) is 3.92. The van der Waals surface area contributed by atoms with Crippen molar-refractivity contribution in [2.24, 2.45) is 0 Å². The van der Waals surface area contributed by atoms with E-state index in [1.807, 2.05) is 6.07 Å². The third-order valence-electron chi connectivity index (χ3n) is 4.66. The SMILES string of the molecule is N#Cc1cccc(-c2nc(N)nc3c2ncn3Cc2ccc([N+](=O)[O-])c(C(F)(F)F)c2)c1. The summed E-state index contributed by atoms with van der Waals surface area (Å²) in [6.45, 7) is -0.0916. The minimum absolute atomic E-state index is 0.0868. The van der Waals surface area contributed by atoms with Crippen LogP contribution in [-0.2, 0) is 12.7 Å². The van der Waals surface area contributed by atoms with Gasteiger partial charge in [0.15, 0.2) is 5.65 Å². The number of nitro groups is 1. The van der Waals surface area contributed by atoms with Crippen LogP contribution < -0.4 is 5.73 Å². The largest absolute Gasteiger partial charge is 0.423 e. The molecule has 0 spiro atoms. The molecule has 0 saturated carbocycles. The molecular weight excluding hydrogens is 427 g/mol. The molecule has 0 bridgehead atoms. The van der Waals surface area contributed by atoms with Crippen molar-refractivity contribution < 1.29 is 18.1 Å². The molecule has 2 aromatic carbocycles. The standard InChI is InChI=1S/C20H12F3N7O2/c21-20(22,23)14-7-12(4-5-15(14)30(31)32)9-29-10-26-17-16(27-19(25)28-18(17)29)13-3-1-2-11(6-13)8-24/h1-7,10H,9H2,(H2,25,27,28). The van der Waals surface area contributed by atoms with E-state index in [0.717, 1.165) is 12.1 Å². The number of nitrogens with two attached hydrogens (primary N) is 1. The molecule has 2 aromatic heterocycles. The lowest BCUT2D eigenvalue weighted by molar-refractivity contribution is -0.388. The Hall–Kier alpha value is -4.53. The summed E-state index contributed by atoms with van der Waals surface area (Å²) in [5.41, 5.74) is 5.57. The molecule has 160 valence electrons. The van der Waals surface area contributed by atoms with Crippen LogP contribution in [0, 0.1) is 21.4 Å². The normalized spacial score (nSPS) is 11.4. The molecule has 0 aliphatic heterocycles. The van der Waals surface area contributed by atoms with Crippen LogP contribution in [0.1, 0.15) is 16.7 Å². The number of nitriles is 1. The van der Waals surface area contributed by atoms with Crippen molar-refractivity contribution in [2.45, 2.75) is 12.7 Å². The van der Waals surface area contributed by atoms with Crippen molar-refractivity contribution in [3.63, 3.8) is 0 Å². The third-order valence-corrected chi connectivity index (χ3v) is 4.66. The highest BCUT2D eigenvalue weighted by Crippen LogP contribution is 2.37. The second-order valence-electron chi connectivity index (χ2n) is 6.77. The Bertz CT molecular complexity index is 1410. The number of hydrogen-bond acceptors (Lipinski definition) is 7. The predicted molar refractivity (Wildman–Crippen MR) is 107 cm³/mol. The minimum atomic E-state index is -4.89. The number of imidazole rings is 1. The average Bonchev–Trinajstić information content (AvgIpc) is 3.14. The van der Waals surface area contributed by atoms with Gasteiger partial charge in [0.2, 0.25) is 5.95 Å².